The van der Waals surface area contributed by atoms with Crippen LogP contribution in [0.1, 0.15) is 36.2 Å². The van der Waals surface area contributed by atoms with E-state index in [1.54, 1.807) is 11.0 Å². The van der Waals surface area contributed by atoms with E-state index in [2.05, 4.69) is 0 Å². The smallest absolute Gasteiger partial charge is 0.290 e. The molecule has 1 saturated carbocycles. The number of fused-ring (bicyclic) bond motifs is 1. The van der Waals surface area contributed by atoms with Gasteiger partial charge in [0.1, 0.15) is 5.58 Å². The minimum absolute atomic E-state index is 0.120. The van der Waals surface area contributed by atoms with Gasteiger partial charge in [0.2, 0.25) is 0 Å². The van der Waals surface area contributed by atoms with E-state index in [1.807, 2.05) is 24.3 Å². The SMILES string of the molecule is NC(=S)CN(C(=O)c1cc2ccccc2o1)C1CCCC1. The van der Waals surface area contributed by atoms with Gasteiger partial charge in [-0.2, -0.15) is 0 Å². The highest BCUT2D eigenvalue weighted by Crippen LogP contribution is 2.26. The Kier molecular flexibility index (Phi) is 3.92. The lowest BCUT2D eigenvalue weighted by Crippen LogP contribution is -2.43. The van der Waals surface area contributed by atoms with Gasteiger partial charge in [0.25, 0.3) is 5.91 Å². The summed E-state index contributed by atoms with van der Waals surface area (Å²) in [6, 6.07) is 9.62. The molecule has 110 valence electrons. The van der Waals surface area contributed by atoms with Crippen molar-refractivity contribution in [3.63, 3.8) is 0 Å². The summed E-state index contributed by atoms with van der Waals surface area (Å²) in [5.41, 5.74) is 6.38. The average molecular weight is 302 g/mol. The first-order valence-corrected chi connectivity index (χ1v) is 7.64. The number of carbonyl (C=O) groups is 1. The molecule has 0 bridgehead atoms. The van der Waals surface area contributed by atoms with Crippen molar-refractivity contribution in [2.75, 3.05) is 6.54 Å². The standard InChI is InChI=1S/C16H18N2O2S/c17-15(21)10-18(12-6-2-3-7-12)16(19)14-9-11-5-1-4-8-13(11)20-14/h1,4-5,8-9,12H,2-3,6-7,10H2,(H2,17,21). The predicted molar refractivity (Wildman–Crippen MR) is 86.3 cm³/mol. The van der Waals surface area contributed by atoms with E-state index in [4.69, 9.17) is 22.4 Å². The zero-order chi connectivity index (χ0) is 14.8. The Morgan fingerprint density at radius 3 is 2.71 bits per heavy atom. The number of furan rings is 1. The first-order chi connectivity index (χ1) is 10.1. The van der Waals surface area contributed by atoms with Crippen molar-refractivity contribution in [1.29, 1.82) is 0 Å². The fourth-order valence-electron chi connectivity index (χ4n) is 2.98. The molecule has 0 unspecified atom stereocenters. The monoisotopic (exact) mass is 302 g/mol. The Hall–Kier alpha value is -1.88. The Morgan fingerprint density at radius 2 is 2.05 bits per heavy atom. The van der Waals surface area contributed by atoms with Gasteiger partial charge in [0.15, 0.2) is 5.76 Å². The second-order valence-corrected chi connectivity index (χ2v) is 6.01. The molecule has 21 heavy (non-hydrogen) atoms. The molecule has 2 N–H and O–H groups in total. The van der Waals surface area contributed by atoms with Crippen LogP contribution in [0.15, 0.2) is 34.7 Å². The number of carbonyl (C=O) groups excluding carboxylic acids is 1. The molecular weight excluding hydrogens is 284 g/mol. The van der Waals surface area contributed by atoms with Gasteiger partial charge in [-0.3, -0.25) is 4.79 Å². The van der Waals surface area contributed by atoms with Crippen LogP contribution in [0.5, 0.6) is 0 Å². The van der Waals surface area contributed by atoms with Crippen LogP contribution in [0.2, 0.25) is 0 Å². The van der Waals surface area contributed by atoms with Crippen LogP contribution < -0.4 is 5.73 Å². The Bertz CT molecular complexity index is 641. The highest BCUT2D eigenvalue weighted by atomic mass is 32.1. The fraction of sp³-hybridized carbons (Fsp3) is 0.375. The first kappa shape index (κ1) is 14.1. The van der Waals surface area contributed by atoms with Crippen LogP contribution in [0, 0.1) is 0 Å². The van der Waals surface area contributed by atoms with Gasteiger partial charge in [-0.05, 0) is 25.0 Å². The molecule has 0 saturated heterocycles. The van der Waals surface area contributed by atoms with E-state index in [0.717, 1.165) is 36.7 Å². The van der Waals surface area contributed by atoms with Crippen molar-refractivity contribution in [2.24, 2.45) is 5.73 Å². The molecule has 2 aromatic rings. The molecule has 5 heteroatoms. The molecule has 1 aliphatic carbocycles. The molecule has 1 aliphatic rings. The average Bonchev–Trinajstić information content (AvgIpc) is 3.12. The highest BCUT2D eigenvalue weighted by Gasteiger charge is 2.29. The highest BCUT2D eigenvalue weighted by molar-refractivity contribution is 7.80. The van der Waals surface area contributed by atoms with Crippen LogP contribution in [0.3, 0.4) is 0 Å². The molecule has 4 nitrogen and oxygen atoms in total. The maximum Gasteiger partial charge on any atom is 0.290 e. The topological polar surface area (TPSA) is 59.5 Å². The Balaban J connectivity index is 1.90. The van der Waals surface area contributed by atoms with Crippen molar-refractivity contribution in [3.8, 4) is 0 Å². The van der Waals surface area contributed by atoms with Crippen LogP contribution in [-0.4, -0.2) is 28.4 Å². The summed E-state index contributed by atoms with van der Waals surface area (Å²) in [6.07, 6.45) is 4.31. The molecular formula is C16H18N2O2S. The number of hydrogen-bond donors (Lipinski definition) is 1. The lowest BCUT2D eigenvalue weighted by molar-refractivity contribution is 0.0684. The van der Waals surface area contributed by atoms with Gasteiger partial charge in [-0.25, -0.2) is 0 Å². The quantitative estimate of drug-likeness (QED) is 0.882. The summed E-state index contributed by atoms with van der Waals surface area (Å²) in [7, 11) is 0. The minimum Gasteiger partial charge on any atom is -0.451 e. The summed E-state index contributed by atoms with van der Waals surface area (Å²) in [5.74, 6) is 0.241. The summed E-state index contributed by atoms with van der Waals surface area (Å²) >= 11 is 4.99. The molecule has 3 rings (SSSR count). The van der Waals surface area contributed by atoms with E-state index >= 15 is 0 Å². The maximum absolute atomic E-state index is 12.8. The lowest BCUT2D eigenvalue weighted by atomic mass is 10.2. The molecule has 0 atom stereocenters. The zero-order valence-corrected chi connectivity index (χ0v) is 12.6. The number of nitrogens with two attached hydrogens (primary N) is 1. The van der Waals surface area contributed by atoms with Crippen LogP contribution in [0.25, 0.3) is 11.0 Å². The van der Waals surface area contributed by atoms with Crippen molar-refractivity contribution in [1.82, 2.24) is 4.90 Å². The van der Waals surface area contributed by atoms with E-state index in [1.165, 1.54) is 0 Å². The molecule has 0 aliphatic heterocycles. The Morgan fingerprint density at radius 1 is 1.33 bits per heavy atom. The first-order valence-electron chi connectivity index (χ1n) is 7.23. The van der Waals surface area contributed by atoms with Crippen molar-refractivity contribution in [3.05, 3.63) is 36.1 Å². The second kappa shape index (κ2) is 5.85. The molecule has 0 spiro atoms. The van der Waals surface area contributed by atoms with E-state index in [-0.39, 0.29) is 11.9 Å². The number of rotatable bonds is 4. The van der Waals surface area contributed by atoms with Gasteiger partial charge in [-0.1, -0.05) is 43.3 Å². The third kappa shape index (κ3) is 2.93. The van der Waals surface area contributed by atoms with Gasteiger partial charge >= 0.3 is 0 Å². The summed E-state index contributed by atoms with van der Waals surface area (Å²) in [5, 5.41) is 0.933. The van der Waals surface area contributed by atoms with Crippen LogP contribution in [-0.2, 0) is 0 Å². The second-order valence-electron chi connectivity index (χ2n) is 5.49. The van der Waals surface area contributed by atoms with Gasteiger partial charge in [0.05, 0.1) is 11.5 Å². The molecule has 1 heterocycles. The number of amides is 1. The van der Waals surface area contributed by atoms with E-state index < -0.39 is 0 Å². The van der Waals surface area contributed by atoms with Crippen LogP contribution in [0.4, 0.5) is 0 Å². The third-order valence-electron chi connectivity index (χ3n) is 3.99. The van der Waals surface area contributed by atoms with Gasteiger partial charge in [-0.15, -0.1) is 0 Å². The summed E-state index contributed by atoms with van der Waals surface area (Å²) < 4.78 is 5.68. The van der Waals surface area contributed by atoms with E-state index in [9.17, 15) is 4.79 Å². The lowest BCUT2D eigenvalue weighted by Gasteiger charge is -2.27. The number of para-hydroxylation sites is 1. The van der Waals surface area contributed by atoms with Crippen LogP contribution >= 0.6 is 12.2 Å². The minimum atomic E-state index is -0.120. The van der Waals surface area contributed by atoms with Crippen molar-refractivity contribution in [2.45, 2.75) is 31.7 Å². The van der Waals surface area contributed by atoms with Crippen molar-refractivity contribution >= 4 is 34.1 Å². The van der Waals surface area contributed by atoms with Crippen molar-refractivity contribution < 1.29 is 9.21 Å². The summed E-state index contributed by atoms with van der Waals surface area (Å²) in [4.78, 5) is 14.9. The molecule has 1 amide bonds. The predicted octanol–water partition coefficient (Wildman–Crippen LogP) is 3.10. The number of benzene rings is 1. The van der Waals surface area contributed by atoms with E-state index in [0.29, 0.717) is 17.3 Å². The number of hydrogen-bond acceptors (Lipinski definition) is 3. The van der Waals surface area contributed by atoms with Gasteiger partial charge < -0.3 is 15.1 Å². The maximum atomic E-state index is 12.8. The molecule has 1 aromatic carbocycles. The third-order valence-corrected chi connectivity index (χ3v) is 4.12. The number of thiocarbonyl (C=S) groups is 1. The Labute approximate surface area is 128 Å². The summed E-state index contributed by atoms with van der Waals surface area (Å²) in [6.45, 7) is 0.315. The zero-order valence-electron chi connectivity index (χ0n) is 11.7. The molecule has 1 aromatic heterocycles. The normalized spacial score (nSPS) is 15.4. The largest absolute Gasteiger partial charge is 0.451 e. The molecule has 1 fully saturated rings. The molecule has 0 radical (unpaired) electrons. The fourth-order valence-corrected chi connectivity index (χ4v) is 3.12. The van der Waals surface area contributed by atoms with Gasteiger partial charge in [0, 0.05) is 11.4 Å². The number of nitrogens with zero attached hydrogens (tertiary/aromatic N) is 1.